The maximum Gasteiger partial charge on any atom is 0.281 e. The normalized spacial score (nSPS) is 17.3. The number of para-hydroxylation sites is 2. The van der Waals surface area contributed by atoms with Gasteiger partial charge in [0.25, 0.3) is 5.24 Å². The van der Waals surface area contributed by atoms with Crippen molar-refractivity contribution in [1.82, 2.24) is 14.9 Å². The summed E-state index contributed by atoms with van der Waals surface area (Å²) in [5.41, 5.74) is 1.59. The number of nitrogens with one attached hydrogen (secondary N) is 1. The molecule has 2 fully saturated rings. The van der Waals surface area contributed by atoms with Crippen molar-refractivity contribution in [3.8, 4) is 0 Å². The molecule has 0 bridgehead atoms. The molecule has 2 amide bonds. The van der Waals surface area contributed by atoms with Crippen molar-refractivity contribution < 1.29 is 9.59 Å². The van der Waals surface area contributed by atoms with Gasteiger partial charge in [-0.2, -0.15) is 0 Å². The van der Waals surface area contributed by atoms with Crippen LogP contribution < -0.4 is 10.2 Å². The summed E-state index contributed by atoms with van der Waals surface area (Å²) in [6.45, 7) is 3.01. The lowest BCUT2D eigenvalue weighted by atomic mass is 10.3. The van der Waals surface area contributed by atoms with Crippen LogP contribution in [0, 0.1) is 0 Å². The van der Waals surface area contributed by atoms with Gasteiger partial charge in [-0.3, -0.25) is 9.59 Å². The highest BCUT2D eigenvalue weighted by Crippen LogP contribution is 2.28. The van der Waals surface area contributed by atoms with Crippen molar-refractivity contribution in [2.75, 3.05) is 42.1 Å². The summed E-state index contributed by atoms with van der Waals surface area (Å²) in [5.74, 6) is 1.91. The number of hydrogen-bond donors (Lipinski definition) is 1. The van der Waals surface area contributed by atoms with Crippen molar-refractivity contribution >= 4 is 45.6 Å². The van der Waals surface area contributed by atoms with Crippen LogP contribution in [0.3, 0.4) is 0 Å². The average molecular weight is 371 g/mol. The number of nitrogens with zero attached hydrogens (tertiary/aromatic N) is 4. The van der Waals surface area contributed by atoms with Gasteiger partial charge < -0.3 is 15.1 Å². The third-order valence-corrected chi connectivity index (χ3v) is 5.56. The SMILES string of the molecule is O=C(CCN1CCSC1=O)Nc1nc2ccccc2nc1N1CCCC1. The Labute approximate surface area is 156 Å². The van der Waals surface area contributed by atoms with Crippen LogP contribution in [0.4, 0.5) is 16.4 Å². The Hall–Kier alpha value is -2.35. The van der Waals surface area contributed by atoms with Gasteiger partial charge in [-0.05, 0) is 25.0 Å². The molecular formula is C18H21N5O2S. The number of carbonyl (C=O) groups is 2. The molecule has 1 aromatic carbocycles. The fourth-order valence-corrected chi connectivity index (χ4v) is 4.14. The van der Waals surface area contributed by atoms with Crippen LogP contribution in [0.5, 0.6) is 0 Å². The quantitative estimate of drug-likeness (QED) is 0.871. The minimum absolute atomic E-state index is 0.0565. The highest BCUT2D eigenvalue weighted by Gasteiger charge is 2.23. The molecule has 0 spiro atoms. The van der Waals surface area contributed by atoms with E-state index >= 15 is 0 Å². The van der Waals surface area contributed by atoms with Crippen LogP contribution in [0.1, 0.15) is 19.3 Å². The molecular weight excluding hydrogens is 350 g/mol. The van der Waals surface area contributed by atoms with Crippen molar-refractivity contribution in [2.45, 2.75) is 19.3 Å². The first kappa shape index (κ1) is 17.1. The fourth-order valence-electron chi connectivity index (χ4n) is 3.28. The van der Waals surface area contributed by atoms with Gasteiger partial charge in [-0.15, -0.1) is 0 Å². The summed E-state index contributed by atoms with van der Waals surface area (Å²) >= 11 is 1.31. The fraction of sp³-hybridized carbons (Fsp3) is 0.444. The number of benzene rings is 1. The van der Waals surface area contributed by atoms with Gasteiger partial charge in [-0.25, -0.2) is 9.97 Å². The van der Waals surface area contributed by atoms with Gasteiger partial charge >= 0.3 is 0 Å². The molecule has 0 radical (unpaired) electrons. The molecule has 0 atom stereocenters. The molecule has 8 heteroatoms. The third kappa shape index (κ3) is 3.60. The number of hydrogen-bond acceptors (Lipinski definition) is 6. The summed E-state index contributed by atoms with van der Waals surface area (Å²) in [5, 5.41) is 2.98. The van der Waals surface area contributed by atoms with Gasteiger partial charge in [0.1, 0.15) is 0 Å². The molecule has 26 heavy (non-hydrogen) atoms. The van der Waals surface area contributed by atoms with E-state index in [1.54, 1.807) is 4.90 Å². The summed E-state index contributed by atoms with van der Waals surface area (Å²) in [7, 11) is 0. The van der Waals surface area contributed by atoms with Crippen LogP contribution in [-0.2, 0) is 4.79 Å². The molecule has 2 aliphatic rings. The Balaban J connectivity index is 1.52. The zero-order chi connectivity index (χ0) is 17.9. The largest absolute Gasteiger partial charge is 0.354 e. The minimum atomic E-state index is -0.139. The van der Waals surface area contributed by atoms with Crippen LogP contribution in [-0.4, -0.2) is 57.9 Å². The number of fused-ring (bicyclic) bond motifs is 1. The molecule has 4 rings (SSSR count). The Morgan fingerprint density at radius 1 is 1.12 bits per heavy atom. The Bertz CT molecular complexity index is 837. The maximum atomic E-state index is 12.4. The standard InChI is InChI=1S/C18H21N5O2S/c24-15(7-10-23-11-12-26-18(23)25)21-16-17(22-8-3-4-9-22)20-14-6-2-1-5-13(14)19-16/h1-2,5-6H,3-4,7-12H2,(H,19,21,24). The summed E-state index contributed by atoms with van der Waals surface area (Å²) < 4.78 is 0. The van der Waals surface area contributed by atoms with E-state index in [-0.39, 0.29) is 17.6 Å². The smallest absolute Gasteiger partial charge is 0.281 e. The molecule has 0 saturated carbocycles. The molecule has 0 unspecified atom stereocenters. The van der Waals surface area contributed by atoms with E-state index in [2.05, 4.69) is 15.2 Å². The highest BCUT2D eigenvalue weighted by molar-refractivity contribution is 8.13. The molecule has 2 aromatic rings. The molecule has 1 aromatic heterocycles. The summed E-state index contributed by atoms with van der Waals surface area (Å²) in [4.78, 5) is 37.4. The first-order valence-corrected chi connectivity index (χ1v) is 9.92. The predicted molar refractivity (Wildman–Crippen MR) is 104 cm³/mol. The minimum Gasteiger partial charge on any atom is -0.354 e. The number of aromatic nitrogens is 2. The Morgan fingerprint density at radius 3 is 2.54 bits per heavy atom. The van der Waals surface area contributed by atoms with Gasteiger partial charge in [0.2, 0.25) is 5.91 Å². The van der Waals surface area contributed by atoms with E-state index in [0.717, 1.165) is 48.5 Å². The second-order valence-corrected chi connectivity index (χ2v) is 7.52. The van der Waals surface area contributed by atoms with E-state index < -0.39 is 0 Å². The average Bonchev–Trinajstić information content (AvgIpc) is 3.31. The van der Waals surface area contributed by atoms with Crippen molar-refractivity contribution in [2.24, 2.45) is 0 Å². The van der Waals surface area contributed by atoms with E-state index in [1.807, 2.05) is 24.3 Å². The van der Waals surface area contributed by atoms with E-state index in [0.29, 0.717) is 18.9 Å². The van der Waals surface area contributed by atoms with Crippen LogP contribution in [0.15, 0.2) is 24.3 Å². The van der Waals surface area contributed by atoms with Gasteiger partial charge in [0, 0.05) is 38.4 Å². The van der Waals surface area contributed by atoms with E-state index in [9.17, 15) is 9.59 Å². The molecule has 3 heterocycles. The topological polar surface area (TPSA) is 78.4 Å². The molecule has 136 valence electrons. The van der Waals surface area contributed by atoms with Gasteiger partial charge in [-0.1, -0.05) is 23.9 Å². The second-order valence-electron chi connectivity index (χ2n) is 6.48. The zero-order valence-corrected chi connectivity index (χ0v) is 15.3. The van der Waals surface area contributed by atoms with Crippen LogP contribution in [0.25, 0.3) is 11.0 Å². The number of carbonyl (C=O) groups excluding carboxylic acids is 2. The zero-order valence-electron chi connectivity index (χ0n) is 14.5. The monoisotopic (exact) mass is 371 g/mol. The lowest BCUT2D eigenvalue weighted by Crippen LogP contribution is -2.28. The first-order chi connectivity index (χ1) is 12.7. The van der Waals surface area contributed by atoms with Gasteiger partial charge in [0.05, 0.1) is 11.0 Å². The second kappa shape index (κ2) is 7.49. The van der Waals surface area contributed by atoms with Crippen molar-refractivity contribution in [3.05, 3.63) is 24.3 Å². The van der Waals surface area contributed by atoms with Crippen molar-refractivity contribution in [1.29, 1.82) is 0 Å². The Kier molecular flexibility index (Phi) is 4.92. The first-order valence-electron chi connectivity index (χ1n) is 8.94. The molecule has 7 nitrogen and oxygen atoms in total. The molecule has 2 saturated heterocycles. The van der Waals surface area contributed by atoms with Crippen molar-refractivity contribution in [3.63, 3.8) is 0 Å². The van der Waals surface area contributed by atoms with E-state index in [4.69, 9.17) is 4.98 Å². The van der Waals surface area contributed by atoms with E-state index in [1.165, 1.54) is 11.8 Å². The predicted octanol–water partition coefficient (Wildman–Crippen LogP) is 2.73. The number of rotatable bonds is 5. The lowest BCUT2D eigenvalue weighted by Gasteiger charge is -2.20. The van der Waals surface area contributed by atoms with Crippen LogP contribution >= 0.6 is 11.8 Å². The summed E-state index contributed by atoms with van der Waals surface area (Å²) in [6.07, 6.45) is 2.51. The molecule has 0 aliphatic carbocycles. The highest BCUT2D eigenvalue weighted by atomic mass is 32.2. The number of anilines is 2. The summed E-state index contributed by atoms with van der Waals surface area (Å²) in [6, 6.07) is 7.68. The number of amides is 2. The lowest BCUT2D eigenvalue weighted by molar-refractivity contribution is -0.116. The van der Waals surface area contributed by atoms with Crippen LogP contribution in [0.2, 0.25) is 0 Å². The maximum absolute atomic E-state index is 12.4. The third-order valence-electron chi connectivity index (χ3n) is 4.67. The molecule has 1 N–H and O–H groups in total. The Morgan fingerprint density at radius 2 is 1.85 bits per heavy atom. The van der Waals surface area contributed by atoms with Gasteiger partial charge in [0.15, 0.2) is 11.6 Å². The number of thioether (sulfide) groups is 1. The molecule has 2 aliphatic heterocycles.